The first-order valence-electron chi connectivity index (χ1n) is 4.01. The van der Waals surface area contributed by atoms with Crippen LogP contribution < -0.4 is 10.2 Å². The minimum absolute atomic E-state index is 0.0748. The summed E-state index contributed by atoms with van der Waals surface area (Å²) >= 11 is 0. The van der Waals surface area contributed by atoms with E-state index in [1.807, 2.05) is 0 Å². The maximum atomic E-state index is 13.2. The predicted octanol–water partition coefficient (Wildman–Crippen LogP) is 1.19. The number of hydroxylamine groups is 1. The second kappa shape index (κ2) is 4.78. The van der Waals surface area contributed by atoms with Crippen molar-refractivity contribution >= 4 is 0 Å². The van der Waals surface area contributed by atoms with Crippen molar-refractivity contribution in [3.63, 3.8) is 0 Å². The lowest BCUT2D eigenvalue weighted by molar-refractivity contribution is 0.0852. The van der Waals surface area contributed by atoms with Crippen molar-refractivity contribution in [2.45, 2.75) is 6.54 Å². The molecule has 0 unspecified atom stereocenters. The summed E-state index contributed by atoms with van der Waals surface area (Å²) < 4.78 is 18.0. The van der Waals surface area contributed by atoms with Gasteiger partial charge in [-0.1, -0.05) is 0 Å². The molecular weight excluding hydrogens is 189 g/mol. The van der Waals surface area contributed by atoms with Gasteiger partial charge in [-0.3, -0.25) is 0 Å². The molecule has 2 N–H and O–H groups in total. The quantitative estimate of drug-likeness (QED) is 0.718. The van der Waals surface area contributed by atoms with Gasteiger partial charge in [0.25, 0.3) is 0 Å². The molecule has 0 spiro atoms. The van der Waals surface area contributed by atoms with Crippen LogP contribution in [-0.4, -0.2) is 19.3 Å². The van der Waals surface area contributed by atoms with Gasteiger partial charge >= 0.3 is 0 Å². The molecule has 0 aromatic heterocycles. The van der Waals surface area contributed by atoms with E-state index < -0.39 is 5.82 Å². The summed E-state index contributed by atoms with van der Waals surface area (Å²) in [5, 5.41) is 9.54. The van der Waals surface area contributed by atoms with Crippen molar-refractivity contribution in [3.8, 4) is 11.5 Å². The molecule has 0 bridgehead atoms. The molecule has 0 saturated carbocycles. The highest BCUT2D eigenvalue weighted by molar-refractivity contribution is 5.46. The monoisotopic (exact) mass is 201 g/mol. The predicted molar refractivity (Wildman–Crippen MR) is 48.5 cm³/mol. The van der Waals surface area contributed by atoms with E-state index in [0.29, 0.717) is 0 Å². The van der Waals surface area contributed by atoms with Crippen LogP contribution in [0.25, 0.3) is 0 Å². The maximum absolute atomic E-state index is 13.2. The molecule has 0 aliphatic heterocycles. The van der Waals surface area contributed by atoms with E-state index in [4.69, 9.17) is 4.74 Å². The van der Waals surface area contributed by atoms with E-state index in [1.54, 1.807) is 0 Å². The van der Waals surface area contributed by atoms with Gasteiger partial charge < -0.3 is 14.7 Å². The average molecular weight is 201 g/mol. The molecule has 5 heteroatoms. The van der Waals surface area contributed by atoms with Gasteiger partial charge in [-0.15, -0.1) is 0 Å². The molecule has 0 saturated heterocycles. The zero-order valence-electron chi connectivity index (χ0n) is 8.00. The second-order valence-corrected chi connectivity index (χ2v) is 2.60. The van der Waals surface area contributed by atoms with Gasteiger partial charge in [0.1, 0.15) is 5.82 Å². The molecule has 14 heavy (non-hydrogen) atoms. The summed E-state index contributed by atoms with van der Waals surface area (Å²) in [4.78, 5) is 4.56. The third-order valence-electron chi connectivity index (χ3n) is 1.80. The van der Waals surface area contributed by atoms with Crippen molar-refractivity contribution in [2.24, 2.45) is 0 Å². The molecule has 1 rings (SSSR count). The van der Waals surface area contributed by atoms with E-state index >= 15 is 0 Å². The second-order valence-electron chi connectivity index (χ2n) is 2.60. The highest BCUT2D eigenvalue weighted by atomic mass is 19.1. The third kappa shape index (κ3) is 2.12. The Morgan fingerprint density at radius 1 is 1.43 bits per heavy atom. The normalized spacial score (nSPS) is 10.2. The van der Waals surface area contributed by atoms with Crippen LogP contribution in [0, 0.1) is 5.82 Å². The Balaban J connectivity index is 2.99. The number of rotatable bonds is 4. The minimum Gasteiger partial charge on any atom is -0.504 e. The molecule has 1 aromatic rings. The number of aromatic hydroxyl groups is 1. The summed E-state index contributed by atoms with van der Waals surface area (Å²) in [6.45, 7) is 0.0748. The Hall–Kier alpha value is -1.33. The highest BCUT2D eigenvalue weighted by Gasteiger charge is 2.12. The van der Waals surface area contributed by atoms with Crippen LogP contribution in [0.1, 0.15) is 5.56 Å². The fourth-order valence-corrected chi connectivity index (χ4v) is 1.07. The number of hydrogen-bond acceptors (Lipinski definition) is 4. The Morgan fingerprint density at radius 3 is 2.71 bits per heavy atom. The Bertz CT molecular complexity index is 317. The minimum atomic E-state index is -0.507. The first-order chi connectivity index (χ1) is 6.70. The van der Waals surface area contributed by atoms with E-state index in [1.165, 1.54) is 26.4 Å². The van der Waals surface area contributed by atoms with Gasteiger partial charge in [0.15, 0.2) is 11.5 Å². The van der Waals surface area contributed by atoms with Crippen LogP contribution >= 0.6 is 0 Å². The van der Waals surface area contributed by atoms with Gasteiger partial charge in [0.05, 0.1) is 20.8 Å². The van der Waals surface area contributed by atoms with Crippen molar-refractivity contribution in [1.29, 1.82) is 0 Å². The fourth-order valence-electron chi connectivity index (χ4n) is 1.07. The lowest BCUT2D eigenvalue weighted by atomic mass is 10.1. The highest BCUT2D eigenvalue weighted by Crippen LogP contribution is 2.31. The molecule has 78 valence electrons. The third-order valence-corrected chi connectivity index (χ3v) is 1.80. The maximum Gasteiger partial charge on any atom is 0.165 e. The fraction of sp³-hybridized carbons (Fsp3) is 0.333. The van der Waals surface area contributed by atoms with E-state index in [-0.39, 0.29) is 23.6 Å². The van der Waals surface area contributed by atoms with Gasteiger partial charge in [-0.05, 0) is 12.1 Å². The summed E-state index contributed by atoms with van der Waals surface area (Å²) in [7, 11) is 2.82. The number of benzene rings is 1. The number of methoxy groups -OCH3 is 1. The largest absolute Gasteiger partial charge is 0.504 e. The van der Waals surface area contributed by atoms with Crippen molar-refractivity contribution in [3.05, 3.63) is 23.5 Å². The molecule has 0 aliphatic carbocycles. The topological polar surface area (TPSA) is 50.7 Å². The molecule has 0 atom stereocenters. The van der Waals surface area contributed by atoms with E-state index in [2.05, 4.69) is 10.3 Å². The number of hydrogen-bond donors (Lipinski definition) is 2. The van der Waals surface area contributed by atoms with Gasteiger partial charge in [0, 0.05) is 5.56 Å². The van der Waals surface area contributed by atoms with E-state index in [9.17, 15) is 9.50 Å². The van der Waals surface area contributed by atoms with Gasteiger partial charge in [-0.25, -0.2) is 4.39 Å². The summed E-state index contributed by atoms with van der Waals surface area (Å²) in [6, 6.07) is 2.59. The smallest absolute Gasteiger partial charge is 0.165 e. The average Bonchev–Trinajstić information content (AvgIpc) is 2.18. The van der Waals surface area contributed by atoms with Crippen molar-refractivity contribution < 1.29 is 19.1 Å². The zero-order valence-corrected chi connectivity index (χ0v) is 8.00. The van der Waals surface area contributed by atoms with Gasteiger partial charge in [0.2, 0.25) is 0 Å². The Morgan fingerprint density at radius 2 is 2.14 bits per heavy atom. The lowest BCUT2D eigenvalue weighted by Crippen LogP contribution is -2.12. The molecule has 0 amide bonds. The van der Waals surface area contributed by atoms with Crippen LogP contribution in [0.2, 0.25) is 0 Å². The zero-order chi connectivity index (χ0) is 10.6. The summed E-state index contributed by atoms with van der Waals surface area (Å²) in [6.07, 6.45) is 0. The number of halogens is 1. The number of nitrogens with one attached hydrogen (secondary N) is 1. The Kier molecular flexibility index (Phi) is 3.67. The van der Waals surface area contributed by atoms with Gasteiger partial charge in [-0.2, -0.15) is 5.48 Å². The molecule has 0 aliphatic rings. The van der Waals surface area contributed by atoms with Crippen LogP contribution in [-0.2, 0) is 11.4 Å². The van der Waals surface area contributed by atoms with Crippen LogP contribution in [0.4, 0.5) is 4.39 Å². The molecule has 1 aromatic carbocycles. The summed E-state index contributed by atoms with van der Waals surface area (Å²) in [5.41, 5.74) is 2.56. The standard InChI is InChI=1S/C9H12FNO3/c1-13-8-4-3-7(10)6(9(8)12)5-11-14-2/h3-4,11-12H,5H2,1-2H3. The SMILES string of the molecule is CONCc1c(F)ccc(OC)c1O. The number of phenolic OH excluding ortho intramolecular Hbond substituents is 1. The van der Waals surface area contributed by atoms with Crippen molar-refractivity contribution in [2.75, 3.05) is 14.2 Å². The van der Waals surface area contributed by atoms with Crippen LogP contribution in [0.5, 0.6) is 11.5 Å². The van der Waals surface area contributed by atoms with Crippen LogP contribution in [0.15, 0.2) is 12.1 Å². The van der Waals surface area contributed by atoms with Crippen LogP contribution in [0.3, 0.4) is 0 Å². The molecule has 0 heterocycles. The number of ether oxygens (including phenoxy) is 1. The molecule has 0 radical (unpaired) electrons. The lowest BCUT2D eigenvalue weighted by Gasteiger charge is -2.09. The number of phenols is 1. The summed E-state index contributed by atoms with van der Waals surface area (Å²) in [5.74, 6) is -0.482. The Labute approximate surface area is 81.2 Å². The van der Waals surface area contributed by atoms with Crippen molar-refractivity contribution in [1.82, 2.24) is 5.48 Å². The first kappa shape index (κ1) is 10.7. The molecular formula is C9H12FNO3. The molecule has 0 fully saturated rings. The molecule has 4 nitrogen and oxygen atoms in total. The first-order valence-corrected chi connectivity index (χ1v) is 4.01. The van der Waals surface area contributed by atoms with E-state index in [0.717, 1.165) is 0 Å².